The average Bonchev–Trinajstić information content (AvgIpc) is 3.25. The maximum atomic E-state index is 13.5. The fraction of sp³-hybridized carbons (Fsp3) is 0.167. The van der Waals surface area contributed by atoms with Crippen LogP contribution in [0.1, 0.15) is 17.2 Å². The summed E-state index contributed by atoms with van der Waals surface area (Å²) in [5.74, 6) is -1.33. The van der Waals surface area contributed by atoms with Crippen molar-refractivity contribution in [2.24, 2.45) is 5.92 Å². The normalized spacial score (nSPS) is 23.2. The Morgan fingerprint density at radius 2 is 1.53 bits per heavy atom. The van der Waals surface area contributed by atoms with Crippen molar-refractivity contribution in [3.63, 3.8) is 0 Å². The molecule has 2 fully saturated rings. The quantitative estimate of drug-likeness (QED) is 0.578. The van der Waals surface area contributed by atoms with Gasteiger partial charge >= 0.3 is 0 Å². The molecule has 3 aromatic carbocycles. The maximum absolute atomic E-state index is 13.5. The number of hydrogen-bond donors (Lipinski definition) is 0. The van der Waals surface area contributed by atoms with Crippen LogP contribution in [0.4, 0.5) is 11.4 Å². The molecular weight excluding hydrogens is 400 g/mol. The molecule has 0 N–H and O–H groups in total. The number of nitrogens with zero attached hydrogens (tertiary/aromatic N) is 2. The van der Waals surface area contributed by atoms with Crippen LogP contribution in [0.2, 0.25) is 5.02 Å². The van der Waals surface area contributed by atoms with Crippen LogP contribution in [-0.4, -0.2) is 17.9 Å². The number of amides is 2. The van der Waals surface area contributed by atoms with Gasteiger partial charge in [-0.15, -0.1) is 0 Å². The molecule has 5 nitrogen and oxygen atoms in total. The van der Waals surface area contributed by atoms with Crippen molar-refractivity contribution in [2.75, 3.05) is 9.96 Å². The molecular formula is C24H19ClN2O3. The molecule has 2 saturated heterocycles. The minimum Gasteiger partial charge on any atom is -0.273 e. The van der Waals surface area contributed by atoms with Crippen molar-refractivity contribution in [1.82, 2.24) is 0 Å². The molecule has 0 bridgehead atoms. The summed E-state index contributed by atoms with van der Waals surface area (Å²) >= 11 is 6.51. The molecule has 6 heteroatoms. The fourth-order valence-electron chi connectivity index (χ4n) is 4.27. The van der Waals surface area contributed by atoms with E-state index in [2.05, 4.69) is 0 Å². The molecule has 5 rings (SSSR count). The summed E-state index contributed by atoms with van der Waals surface area (Å²) in [5.41, 5.74) is 3.05. The highest BCUT2D eigenvalue weighted by atomic mass is 35.5. The second-order valence-electron chi connectivity index (χ2n) is 7.53. The molecule has 2 heterocycles. The zero-order valence-corrected chi connectivity index (χ0v) is 17.0. The molecule has 2 aliphatic heterocycles. The molecule has 3 atom stereocenters. The first-order valence-electron chi connectivity index (χ1n) is 9.76. The summed E-state index contributed by atoms with van der Waals surface area (Å²) in [6, 6.07) is 23.7. The molecule has 0 aliphatic carbocycles. The Balaban J connectivity index is 1.61. The third-order valence-corrected chi connectivity index (χ3v) is 5.95. The van der Waals surface area contributed by atoms with Gasteiger partial charge in [-0.2, -0.15) is 0 Å². The highest BCUT2D eigenvalue weighted by Gasteiger charge is 2.60. The van der Waals surface area contributed by atoms with E-state index in [4.69, 9.17) is 16.4 Å². The number of imide groups is 1. The summed E-state index contributed by atoms with van der Waals surface area (Å²) in [6.07, 6.45) is -0.903. The number of benzene rings is 3. The van der Waals surface area contributed by atoms with Gasteiger partial charge in [-0.3, -0.25) is 14.4 Å². The lowest BCUT2D eigenvalue weighted by Gasteiger charge is -2.29. The van der Waals surface area contributed by atoms with Crippen LogP contribution in [0.5, 0.6) is 0 Å². The summed E-state index contributed by atoms with van der Waals surface area (Å²) < 4.78 is 0. The first-order chi connectivity index (χ1) is 14.6. The summed E-state index contributed by atoms with van der Waals surface area (Å²) in [5, 5.41) is 2.18. The van der Waals surface area contributed by atoms with Gasteiger partial charge in [-0.25, -0.2) is 9.96 Å². The van der Waals surface area contributed by atoms with Crippen molar-refractivity contribution in [1.29, 1.82) is 0 Å². The Morgan fingerprint density at radius 3 is 2.27 bits per heavy atom. The monoisotopic (exact) mass is 418 g/mol. The zero-order valence-electron chi connectivity index (χ0n) is 16.2. The van der Waals surface area contributed by atoms with E-state index in [0.29, 0.717) is 10.7 Å². The highest BCUT2D eigenvalue weighted by molar-refractivity contribution is 6.31. The summed E-state index contributed by atoms with van der Waals surface area (Å²) in [4.78, 5) is 34.2. The van der Waals surface area contributed by atoms with Crippen molar-refractivity contribution in [3.05, 3.63) is 95.0 Å². The number of hydroxylamine groups is 1. The standard InChI is InChI=1S/C24H19ClN2O3/c1-15-8-7-11-17(14-15)26-23(28)20-21(18-12-5-6-13-19(18)25)27(30-22(20)24(26)29)16-9-3-2-4-10-16/h2-14,20-22H,1H3/t20-,21-,22+/m0/s1. The van der Waals surface area contributed by atoms with Crippen molar-refractivity contribution >= 4 is 34.8 Å². The first-order valence-corrected chi connectivity index (χ1v) is 10.1. The van der Waals surface area contributed by atoms with E-state index in [0.717, 1.165) is 16.8 Å². The fourth-order valence-corrected chi connectivity index (χ4v) is 4.51. The van der Waals surface area contributed by atoms with Gasteiger partial charge in [0.2, 0.25) is 5.91 Å². The van der Waals surface area contributed by atoms with E-state index in [1.54, 1.807) is 17.2 Å². The number of halogens is 1. The van der Waals surface area contributed by atoms with Gasteiger partial charge in [0.05, 0.1) is 17.4 Å². The van der Waals surface area contributed by atoms with Crippen molar-refractivity contribution in [3.8, 4) is 0 Å². The van der Waals surface area contributed by atoms with E-state index >= 15 is 0 Å². The SMILES string of the molecule is Cc1cccc(N2C(=O)[C@@H]3[C@@H](ON(c4ccccc4)[C@H]3c3ccccc3Cl)C2=O)c1. The highest BCUT2D eigenvalue weighted by Crippen LogP contribution is 2.48. The molecule has 0 radical (unpaired) electrons. The van der Waals surface area contributed by atoms with Crippen molar-refractivity contribution < 1.29 is 14.4 Å². The molecule has 0 saturated carbocycles. The van der Waals surface area contributed by atoms with Gasteiger partial charge in [-0.1, -0.05) is 60.1 Å². The smallest absolute Gasteiger partial charge is 0.266 e. The number of carbonyl (C=O) groups is 2. The number of aryl methyl sites for hydroxylation is 1. The van der Waals surface area contributed by atoms with E-state index in [-0.39, 0.29) is 11.8 Å². The van der Waals surface area contributed by atoms with Crippen LogP contribution < -0.4 is 9.96 Å². The number of rotatable bonds is 3. The lowest BCUT2D eigenvalue weighted by atomic mass is 9.90. The third kappa shape index (κ3) is 2.90. The zero-order chi connectivity index (χ0) is 20.8. The Morgan fingerprint density at radius 1 is 0.833 bits per heavy atom. The van der Waals surface area contributed by atoms with E-state index in [9.17, 15) is 9.59 Å². The lowest BCUT2D eigenvalue weighted by Crippen LogP contribution is -2.37. The number of carbonyl (C=O) groups excluding carboxylic acids is 2. The van der Waals surface area contributed by atoms with Crippen LogP contribution in [0.15, 0.2) is 78.9 Å². The van der Waals surface area contributed by atoms with Crippen LogP contribution in [0.3, 0.4) is 0 Å². The van der Waals surface area contributed by atoms with Crippen LogP contribution in [-0.2, 0) is 14.4 Å². The lowest BCUT2D eigenvalue weighted by molar-refractivity contribution is -0.126. The van der Waals surface area contributed by atoms with E-state index in [1.807, 2.05) is 73.7 Å². The molecule has 0 aromatic heterocycles. The minimum atomic E-state index is -0.903. The van der Waals surface area contributed by atoms with Gasteiger partial charge in [0.15, 0.2) is 6.10 Å². The predicted octanol–water partition coefficient (Wildman–Crippen LogP) is 4.70. The minimum absolute atomic E-state index is 0.279. The first kappa shape index (κ1) is 18.9. The number of fused-ring (bicyclic) bond motifs is 1. The molecule has 3 aromatic rings. The van der Waals surface area contributed by atoms with Gasteiger partial charge in [0, 0.05) is 5.02 Å². The Kier molecular flexibility index (Phi) is 4.57. The Hall–Kier alpha value is -3.15. The molecule has 0 unspecified atom stereocenters. The Labute approximate surface area is 179 Å². The third-order valence-electron chi connectivity index (χ3n) is 5.61. The second-order valence-corrected chi connectivity index (χ2v) is 7.94. The van der Waals surface area contributed by atoms with Gasteiger partial charge in [0.25, 0.3) is 5.91 Å². The van der Waals surface area contributed by atoms with Gasteiger partial charge in [0.1, 0.15) is 5.92 Å². The van der Waals surface area contributed by atoms with Crippen LogP contribution in [0, 0.1) is 12.8 Å². The second kappa shape index (κ2) is 7.27. The van der Waals surface area contributed by atoms with Gasteiger partial charge in [-0.05, 0) is 48.4 Å². The largest absolute Gasteiger partial charge is 0.273 e. The van der Waals surface area contributed by atoms with Gasteiger partial charge < -0.3 is 0 Å². The predicted molar refractivity (Wildman–Crippen MR) is 115 cm³/mol. The maximum Gasteiger partial charge on any atom is 0.266 e. The van der Waals surface area contributed by atoms with E-state index < -0.39 is 18.1 Å². The summed E-state index contributed by atoms with van der Waals surface area (Å²) in [6.45, 7) is 1.93. The molecule has 150 valence electrons. The molecule has 2 aliphatic rings. The number of hydrogen-bond acceptors (Lipinski definition) is 4. The Bertz CT molecular complexity index is 1130. The average molecular weight is 419 g/mol. The van der Waals surface area contributed by atoms with Crippen LogP contribution in [0.25, 0.3) is 0 Å². The number of anilines is 2. The topological polar surface area (TPSA) is 49.9 Å². The summed E-state index contributed by atoms with van der Waals surface area (Å²) in [7, 11) is 0. The molecule has 30 heavy (non-hydrogen) atoms. The van der Waals surface area contributed by atoms with Crippen molar-refractivity contribution in [2.45, 2.75) is 19.1 Å². The molecule has 2 amide bonds. The number of para-hydroxylation sites is 1. The molecule has 0 spiro atoms. The van der Waals surface area contributed by atoms with Crippen LogP contribution >= 0.6 is 11.6 Å². The van der Waals surface area contributed by atoms with E-state index in [1.165, 1.54) is 4.90 Å².